The van der Waals surface area contributed by atoms with Gasteiger partial charge < -0.3 is 16.0 Å². The van der Waals surface area contributed by atoms with E-state index in [2.05, 4.69) is 20.9 Å². The fourth-order valence-electron chi connectivity index (χ4n) is 2.39. The number of amides is 1. The van der Waals surface area contributed by atoms with E-state index in [1.54, 1.807) is 19.1 Å². The number of guanidine groups is 1. The molecule has 0 aliphatic carbocycles. The SMILES string of the molecule is CCCNC(=O)CCNC(=NCc1ccc(S(C)(=O)=O)c(C)c1)NCC. The average Bonchev–Trinajstić information content (AvgIpc) is 2.56. The Morgan fingerprint density at radius 1 is 1.12 bits per heavy atom. The summed E-state index contributed by atoms with van der Waals surface area (Å²) < 4.78 is 23.4. The lowest BCUT2D eigenvalue weighted by atomic mass is 10.1. The van der Waals surface area contributed by atoms with Crippen LogP contribution in [-0.2, 0) is 21.2 Å². The summed E-state index contributed by atoms with van der Waals surface area (Å²) in [6.45, 7) is 8.07. The van der Waals surface area contributed by atoms with Crippen molar-refractivity contribution in [3.63, 3.8) is 0 Å². The van der Waals surface area contributed by atoms with E-state index in [-0.39, 0.29) is 5.91 Å². The lowest BCUT2D eigenvalue weighted by Crippen LogP contribution is -2.39. The van der Waals surface area contributed by atoms with Crippen LogP contribution in [0.4, 0.5) is 0 Å². The van der Waals surface area contributed by atoms with E-state index < -0.39 is 9.84 Å². The van der Waals surface area contributed by atoms with Crippen LogP contribution < -0.4 is 16.0 Å². The molecule has 3 N–H and O–H groups in total. The number of benzene rings is 1. The Balaban J connectivity index is 2.66. The van der Waals surface area contributed by atoms with E-state index in [1.165, 1.54) is 6.26 Å². The van der Waals surface area contributed by atoms with Crippen LogP contribution in [0.25, 0.3) is 0 Å². The molecule has 0 unspecified atom stereocenters. The average molecular weight is 383 g/mol. The lowest BCUT2D eigenvalue weighted by molar-refractivity contribution is -0.120. The van der Waals surface area contributed by atoms with Gasteiger partial charge in [-0.2, -0.15) is 0 Å². The molecule has 0 radical (unpaired) electrons. The molecule has 8 heteroatoms. The molecule has 1 rings (SSSR count). The molecule has 0 atom stereocenters. The van der Waals surface area contributed by atoms with E-state index in [0.717, 1.165) is 12.0 Å². The van der Waals surface area contributed by atoms with Crippen LogP contribution in [0, 0.1) is 6.92 Å². The predicted molar refractivity (Wildman–Crippen MR) is 105 cm³/mol. The molecule has 0 saturated heterocycles. The molecule has 0 saturated carbocycles. The third-order valence-corrected chi connectivity index (χ3v) is 4.88. The molecule has 1 aromatic rings. The number of hydrogen-bond donors (Lipinski definition) is 3. The zero-order valence-corrected chi connectivity index (χ0v) is 16.9. The Morgan fingerprint density at radius 2 is 1.85 bits per heavy atom. The number of hydrogen-bond acceptors (Lipinski definition) is 4. The van der Waals surface area contributed by atoms with E-state index >= 15 is 0 Å². The van der Waals surface area contributed by atoms with Crippen molar-refractivity contribution in [1.82, 2.24) is 16.0 Å². The van der Waals surface area contributed by atoms with Crippen molar-refractivity contribution in [3.05, 3.63) is 29.3 Å². The molecule has 0 aliphatic rings. The van der Waals surface area contributed by atoms with Crippen LogP contribution in [0.1, 0.15) is 37.8 Å². The molecule has 146 valence electrons. The Morgan fingerprint density at radius 3 is 2.42 bits per heavy atom. The summed E-state index contributed by atoms with van der Waals surface area (Å²) in [5.41, 5.74) is 1.64. The van der Waals surface area contributed by atoms with E-state index in [1.807, 2.05) is 19.9 Å². The number of sulfone groups is 1. The number of aliphatic imine (C=N–C) groups is 1. The summed E-state index contributed by atoms with van der Waals surface area (Å²) in [6.07, 6.45) is 2.50. The first-order chi connectivity index (χ1) is 12.3. The highest BCUT2D eigenvalue weighted by molar-refractivity contribution is 7.90. The van der Waals surface area contributed by atoms with Gasteiger partial charge in [0.15, 0.2) is 15.8 Å². The number of nitrogens with one attached hydrogen (secondary N) is 3. The normalized spacial score (nSPS) is 11.9. The third kappa shape index (κ3) is 7.86. The fraction of sp³-hybridized carbons (Fsp3) is 0.556. The van der Waals surface area contributed by atoms with Crippen LogP contribution in [-0.4, -0.2) is 46.2 Å². The first kappa shape index (κ1) is 22.0. The van der Waals surface area contributed by atoms with Gasteiger partial charge in [0, 0.05) is 32.3 Å². The summed E-state index contributed by atoms with van der Waals surface area (Å²) >= 11 is 0. The van der Waals surface area contributed by atoms with Crippen molar-refractivity contribution < 1.29 is 13.2 Å². The first-order valence-corrected chi connectivity index (χ1v) is 10.8. The zero-order valence-electron chi connectivity index (χ0n) is 16.1. The maximum atomic E-state index is 11.7. The van der Waals surface area contributed by atoms with Gasteiger partial charge in [-0.15, -0.1) is 0 Å². The molecular formula is C18H30N4O3S. The standard InChI is InChI=1S/C18H30N4O3S/c1-5-10-20-17(23)9-11-21-18(19-6-2)22-13-15-7-8-16(14(3)12-15)26(4,24)25/h7-8,12H,5-6,9-11,13H2,1-4H3,(H,20,23)(H2,19,21,22). The second-order valence-electron chi connectivity index (χ2n) is 6.09. The molecule has 7 nitrogen and oxygen atoms in total. The summed E-state index contributed by atoms with van der Waals surface area (Å²) in [6, 6.07) is 5.23. The molecular weight excluding hydrogens is 352 g/mol. The highest BCUT2D eigenvalue weighted by Gasteiger charge is 2.10. The molecule has 0 aliphatic heterocycles. The molecule has 0 aromatic heterocycles. The Kier molecular flexibility index (Phi) is 9.12. The molecule has 26 heavy (non-hydrogen) atoms. The molecule has 1 aromatic carbocycles. The van der Waals surface area contributed by atoms with Gasteiger partial charge in [-0.25, -0.2) is 13.4 Å². The monoisotopic (exact) mass is 382 g/mol. The van der Waals surface area contributed by atoms with Crippen LogP contribution in [0.3, 0.4) is 0 Å². The Bertz CT molecular complexity index is 730. The number of rotatable bonds is 9. The van der Waals surface area contributed by atoms with Gasteiger partial charge in [0.1, 0.15) is 0 Å². The van der Waals surface area contributed by atoms with Crippen molar-refractivity contribution in [2.75, 3.05) is 25.9 Å². The maximum Gasteiger partial charge on any atom is 0.221 e. The highest BCUT2D eigenvalue weighted by atomic mass is 32.2. The minimum Gasteiger partial charge on any atom is -0.357 e. The van der Waals surface area contributed by atoms with Gasteiger partial charge in [0.25, 0.3) is 0 Å². The highest BCUT2D eigenvalue weighted by Crippen LogP contribution is 2.17. The third-order valence-electron chi connectivity index (χ3n) is 3.62. The van der Waals surface area contributed by atoms with Gasteiger partial charge in [-0.1, -0.05) is 19.1 Å². The zero-order chi connectivity index (χ0) is 19.6. The van der Waals surface area contributed by atoms with Crippen LogP contribution >= 0.6 is 0 Å². The van der Waals surface area contributed by atoms with Gasteiger partial charge in [-0.3, -0.25) is 4.79 Å². The summed E-state index contributed by atoms with van der Waals surface area (Å²) in [7, 11) is -3.22. The Labute approximate surface area is 156 Å². The van der Waals surface area contributed by atoms with Crippen LogP contribution in [0.15, 0.2) is 28.1 Å². The van der Waals surface area contributed by atoms with Crippen molar-refractivity contribution in [2.45, 2.75) is 45.1 Å². The lowest BCUT2D eigenvalue weighted by Gasteiger charge is -2.12. The largest absolute Gasteiger partial charge is 0.357 e. The summed E-state index contributed by atoms with van der Waals surface area (Å²) in [5, 5.41) is 9.09. The summed E-state index contributed by atoms with van der Waals surface area (Å²) in [5.74, 6) is 0.642. The van der Waals surface area contributed by atoms with Crippen molar-refractivity contribution in [1.29, 1.82) is 0 Å². The number of aryl methyl sites for hydroxylation is 1. The first-order valence-electron chi connectivity index (χ1n) is 8.86. The summed E-state index contributed by atoms with van der Waals surface area (Å²) in [4.78, 5) is 16.4. The quantitative estimate of drug-likeness (QED) is 0.442. The van der Waals surface area contributed by atoms with E-state index in [0.29, 0.717) is 49.0 Å². The molecule has 0 heterocycles. The van der Waals surface area contributed by atoms with Crippen LogP contribution in [0.2, 0.25) is 0 Å². The van der Waals surface area contributed by atoms with Gasteiger partial charge in [0.2, 0.25) is 5.91 Å². The van der Waals surface area contributed by atoms with Crippen molar-refractivity contribution in [3.8, 4) is 0 Å². The number of carbonyl (C=O) groups is 1. The molecule has 1 amide bonds. The molecule has 0 fully saturated rings. The van der Waals surface area contributed by atoms with Crippen molar-refractivity contribution in [2.24, 2.45) is 4.99 Å². The molecule has 0 bridgehead atoms. The number of carbonyl (C=O) groups excluding carboxylic acids is 1. The molecule has 0 spiro atoms. The van der Waals surface area contributed by atoms with Gasteiger partial charge >= 0.3 is 0 Å². The fourth-order valence-corrected chi connectivity index (χ4v) is 3.34. The van der Waals surface area contributed by atoms with Crippen LogP contribution in [0.5, 0.6) is 0 Å². The van der Waals surface area contributed by atoms with E-state index in [4.69, 9.17) is 0 Å². The van der Waals surface area contributed by atoms with Gasteiger partial charge in [0.05, 0.1) is 11.4 Å². The smallest absolute Gasteiger partial charge is 0.221 e. The van der Waals surface area contributed by atoms with Gasteiger partial charge in [-0.05, 0) is 37.5 Å². The minimum absolute atomic E-state index is 0.0159. The van der Waals surface area contributed by atoms with E-state index in [9.17, 15) is 13.2 Å². The topological polar surface area (TPSA) is 99.7 Å². The minimum atomic E-state index is -3.22. The maximum absolute atomic E-state index is 11.7. The number of nitrogens with zero attached hydrogens (tertiary/aromatic N) is 1. The Hall–Kier alpha value is -2.09. The second kappa shape index (κ2) is 10.8. The van der Waals surface area contributed by atoms with Crippen molar-refractivity contribution >= 4 is 21.7 Å². The predicted octanol–water partition coefficient (Wildman–Crippen LogP) is 1.37. The second-order valence-corrected chi connectivity index (χ2v) is 8.08.